The molecule has 0 aromatic rings. The lowest BCUT2D eigenvalue weighted by Crippen LogP contribution is -2.52. The molecule has 2 fully saturated rings. The highest BCUT2D eigenvalue weighted by Gasteiger charge is 2.33. The van der Waals surface area contributed by atoms with Crippen molar-refractivity contribution in [3.8, 4) is 0 Å². The predicted octanol–water partition coefficient (Wildman–Crippen LogP) is 0.434. The molecule has 3 atom stereocenters. The summed E-state index contributed by atoms with van der Waals surface area (Å²) in [4.78, 5) is 14.6. The Hall–Kier alpha value is -0.660. The van der Waals surface area contributed by atoms with Crippen molar-refractivity contribution in [1.82, 2.24) is 9.62 Å². The second-order valence-electron chi connectivity index (χ2n) is 6.43. The van der Waals surface area contributed by atoms with E-state index in [1.807, 2.05) is 4.90 Å². The number of likely N-dealkylation sites (tertiary alicyclic amines) is 1. The van der Waals surface area contributed by atoms with Crippen LogP contribution in [0.1, 0.15) is 44.9 Å². The maximum Gasteiger partial charge on any atom is 0.226 e. The number of sulfonamides is 1. The van der Waals surface area contributed by atoms with Crippen LogP contribution in [0.4, 0.5) is 0 Å². The van der Waals surface area contributed by atoms with Crippen LogP contribution < -0.4 is 10.5 Å². The van der Waals surface area contributed by atoms with Crippen molar-refractivity contribution < 1.29 is 13.2 Å². The van der Waals surface area contributed by atoms with Gasteiger partial charge in [0.15, 0.2) is 0 Å². The molecule has 6 nitrogen and oxygen atoms in total. The standard InChI is InChI=1S/C14H27N3O3S/c1-21(19,20)16-10-13-7-2-3-8-17(13)14(18)11-5-4-6-12(15)9-11/h11-13,16H,2-10,15H2,1H3. The Labute approximate surface area is 127 Å². The van der Waals surface area contributed by atoms with Gasteiger partial charge in [0, 0.05) is 31.1 Å². The molecular formula is C14H27N3O3S. The lowest BCUT2D eigenvalue weighted by Gasteiger charge is -2.39. The van der Waals surface area contributed by atoms with Gasteiger partial charge in [-0.3, -0.25) is 4.79 Å². The predicted molar refractivity (Wildman–Crippen MR) is 82.1 cm³/mol. The molecule has 2 aliphatic rings. The fraction of sp³-hybridized carbons (Fsp3) is 0.929. The second kappa shape index (κ2) is 7.07. The zero-order valence-corrected chi connectivity index (χ0v) is 13.6. The highest BCUT2D eigenvalue weighted by Crippen LogP contribution is 2.28. The number of nitrogens with zero attached hydrogens (tertiary/aromatic N) is 1. The van der Waals surface area contributed by atoms with Crippen molar-refractivity contribution >= 4 is 15.9 Å². The zero-order chi connectivity index (χ0) is 15.5. The molecule has 7 heteroatoms. The van der Waals surface area contributed by atoms with Crippen molar-refractivity contribution in [2.75, 3.05) is 19.3 Å². The Bertz CT molecular complexity index is 466. The minimum Gasteiger partial charge on any atom is -0.338 e. The van der Waals surface area contributed by atoms with Gasteiger partial charge >= 0.3 is 0 Å². The minimum absolute atomic E-state index is 0.0147. The third-order valence-corrected chi connectivity index (χ3v) is 5.25. The quantitative estimate of drug-likeness (QED) is 0.786. The Morgan fingerprint density at radius 3 is 2.67 bits per heavy atom. The van der Waals surface area contributed by atoms with E-state index in [1.165, 1.54) is 0 Å². The summed E-state index contributed by atoms with van der Waals surface area (Å²) in [6.45, 7) is 1.06. The SMILES string of the molecule is CS(=O)(=O)NCC1CCCCN1C(=O)C1CCCC(N)C1. The molecular weight excluding hydrogens is 290 g/mol. The van der Waals surface area contributed by atoms with Crippen LogP contribution in [-0.4, -0.2) is 50.7 Å². The second-order valence-corrected chi connectivity index (χ2v) is 8.26. The van der Waals surface area contributed by atoms with Gasteiger partial charge in [-0.05, 0) is 38.5 Å². The van der Waals surface area contributed by atoms with Crippen molar-refractivity contribution in [2.45, 2.75) is 57.0 Å². The van der Waals surface area contributed by atoms with Gasteiger partial charge in [-0.2, -0.15) is 0 Å². The lowest BCUT2D eigenvalue weighted by molar-refractivity contribution is -0.140. The van der Waals surface area contributed by atoms with Crippen molar-refractivity contribution in [1.29, 1.82) is 0 Å². The summed E-state index contributed by atoms with van der Waals surface area (Å²) in [5, 5.41) is 0. The molecule has 0 radical (unpaired) electrons. The summed E-state index contributed by atoms with van der Waals surface area (Å²) in [7, 11) is -3.21. The van der Waals surface area contributed by atoms with E-state index < -0.39 is 10.0 Å². The lowest BCUT2D eigenvalue weighted by atomic mass is 9.84. The molecule has 0 spiro atoms. The first kappa shape index (κ1) is 16.7. The largest absolute Gasteiger partial charge is 0.338 e. The third-order valence-electron chi connectivity index (χ3n) is 4.56. The number of amides is 1. The number of nitrogens with two attached hydrogens (primary N) is 1. The van der Waals surface area contributed by atoms with Gasteiger partial charge in [-0.25, -0.2) is 13.1 Å². The molecule has 3 N–H and O–H groups in total. The van der Waals surface area contributed by atoms with Crippen LogP contribution in [0.15, 0.2) is 0 Å². The maximum atomic E-state index is 12.7. The van der Waals surface area contributed by atoms with E-state index in [-0.39, 0.29) is 23.9 Å². The number of carbonyl (C=O) groups excluding carboxylic acids is 1. The monoisotopic (exact) mass is 317 g/mol. The maximum absolute atomic E-state index is 12.7. The van der Waals surface area contributed by atoms with Crippen LogP contribution in [0.3, 0.4) is 0 Å². The Balaban J connectivity index is 1.98. The molecule has 1 saturated heterocycles. The van der Waals surface area contributed by atoms with E-state index in [4.69, 9.17) is 5.73 Å². The molecule has 3 unspecified atom stereocenters. The average Bonchev–Trinajstić information content (AvgIpc) is 2.44. The Kier molecular flexibility index (Phi) is 5.62. The van der Waals surface area contributed by atoms with Crippen molar-refractivity contribution in [2.24, 2.45) is 11.7 Å². The summed E-state index contributed by atoms with van der Waals surface area (Å²) in [5.41, 5.74) is 5.98. The number of rotatable bonds is 4. The molecule has 1 saturated carbocycles. The molecule has 1 aliphatic carbocycles. The van der Waals surface area contributed by atoms with E-state index in [1.54, 1.807) is 0 Å². The van der Waals surface area contributed by atoms with Gasteiger partial charge < -0.3 is 10.6 Å². The summed E-state index contributed by atoms with van der Waals surface area (Å²) >= 11 is 0. The molecule has 2 rings (SSSR count). The topological polar surface area (TPSA) is 92.5 Å². The summed E-state index contributed by atoms with van der Waals surface area (Å²) in [6, 6.07) is 0.115. The van der Waals surface area contributed by atoms with Gasteiger partial charge in [0.05, 0.1) is 6.26 Å². The Morgan fingerprint density at radius 2 is 2.00 bits per heavy atom. The van der Waals surface area contributed by atoms with Crippen LogP contribution in [0.25, 0.3) is 0 Å². The van der Waals surface area contributed by atoms with E-state index in [9.17, 15) is 13.2 Å². The molecule has 1 heterocycles. The normalized spacial score (nSPS) is 31.1. The van der Waals surface area contributed by atoms with Gasteiger partial charge in [0.25, 0.3) is 0 Å². The van der Waals surface area contributed by atoms with Crippen LogP contribution in [0, 0.1) is 5.92 Å². The van der Waals surface area contributed by atoms with Crippen molar-refractivity contribution in [3.63, 3.8) is 0 Å². The number of carbonyl (C=O) groups is 1. The number of hydrogen-bond donors (Lipinski definition) is 2. The van der Waals surface area contributed by atoms with E-state index in [2.05, 4.69) is 4.72 Å². The van der Waals surface area contributed by atoms with Crippen molar-refractivity contribution in [3.05, 3.63) is 0 Å². The molecule has 21 heavy (non-hydrogen) atoms. The van der Waals surface area contributed by atoms with E-state index >= 15 is 0 Å². The average molecular weight is 317 g/mol. The van der Waals surface area contributed by atoms with E-state index in [0.29, 0.717) is 6.54 Å². The number of nitrogens with one attached hydrogen (secondary N) is 1. The smallest absolute Gasteiger partial charge is 0.226 e. The fourth-order valence-electron chi connectivity index (χ4n) is 3.44. The molecule has 1 aliphatic heterocycles. The summed E-state index contributed by atoms with van der Waals surface area (Å²) in [6.07, 6.45) is 7.76. The van der Waals surface area contributed by atoms with E-state index in [0.717, 1.165) is 57.7 Å². The highest BCUT2D eigenvalue weighted by molar-refractivity contribution is 7.88. The molecule has 0 bridgehead atoms. The number of piperidine rings is 1. The minimum atomic E-state index is -3.21. The zero-order valence-electron chi connectivity index (χ0n) is 12.8. The molecule has 0 aromatic carbocycles. The van der Waals surface area contributed by atoms with Gasteiger partial charge in [0.1, 0.15) is 0 Å². The summed E-state index contributed by atoms with van der Waals surface area (Å²) < 4.78 is 25.1. The summed E-state index contributed by atoms with van der Waals surface area (Å²) in [5.74, 6) is 0.192. The first-order valence-corrected chi connectivity index (χ1v) is 9.76. The van der Waals surface area contributed by atoms with Crippen LogP contribution in [-0.2, 0) is 14.8 Å². The molecule has 0 aromatic heterocycles. The molecule has 1 amide bonds. The highest BCUT2D eigenvalue weighted by atomic mass is 32.2. The molecule has 122 valence electrons. The van der Waals surface area contributed by atoms with Gasteiger partial charge in [-0.15, -0.1) is 0 Å². The Morgan fingerprint density at radius 1 is 1.24 bits per heavy atom. The first-order chi connectivity index (χ1) is 9.87. The third kappa shape index (κ3) is 4.93. The van der Waals surface area contributed by atoms with Gasteiger partial charge in [-0.1, -0.05) is 6.42 Å². The first-order valence-electron chi connectivity index (χ1n) is 7.87. The van der Waals surface area contributed by atoms with Crippen LogP contribution >= 0.6 is 0 Å². The van der Waals surface area contributed by atoms with Crippen LogP contribution in [0.5, 0.6) is 0 Å². The number of hydrogen-bond acceptors (Lipinski definition) is 4. The fourth-order valence-corrected chi connectivity index (χ4v) is 3.93. The van der Waals surface area contributed by atoms with Gasteiger partial charge in [0.2, 0.25) is 15.9 Å². The van der Waals surface area contributed by atoms with Crippen LogP contribution in [0.2, 0.25) is 0 Å².